The van der Waals surface area contributed by atoms with Crippen molar-refractivity contribution in [3.05, 3.63) is 23.8 Å². The number of methoxy groups -OCH3 is 3. The van der Waals surface area contributed by atoms with Crippen molar-refractivity contribution in [3.63, 3.8) is 0 Å². The van der Waals surface area contributed by atoms with Gasteiger partial charge in [0.25, 0.3) is 0 Å². The largest absolute Gasteiger partial charge is 0.493 e. The molecule has 0 aromatic heterocycles. The lowest BCUT2D eigenvalue weighted by Crippen LogP contribution is -2.30. The van der Waals surface area contributed by atoms with Crippen LogP contribution >= 0.6 is 0 Å². The van der Waals surface area contributed by atoms with Crippen molar-refractivity contribution in [3.8, 4) is 11.5 Å². The quantitative estimate of drug-likeness (QED) is 0.765. The van der Waals surface area contributed by atoms with Crippen LogP contribution < -0.4 is 14.8 Å². The van der Waals surface area contributed by atoms with E-state index in [4.69, 9.17) is 14.2 Å². The number of para-hydroxylation sites is 1. The van der Waals surface area contributed by atoms with Gasteiger partial charge < -0.3 is 19.5 Å². The van der Waals surface area contributed by atoms with Crippen molar-refractivity contribution in [2.24, 2.45) is 0 Å². The second-order valence-electron chi connectivity index (χ2n) is 3.99. The Morgan fingerprint density at radius 3 is 2.53 bits per heavy atom. The number of hydrogen-bond acceptors (Lipinski definition) is 5. The third-order valence-electron chi connectivity index (χ3n) is 2.78. The van der Waals surface area contributed by atoms with Gasteiger partial charge in [0, 0.05) is 5.56 Å². The fraction of sp³-hybridized carbons (Fsp3) is 0.500. The highest BCUT2D eigenvalue weighted by atomic mass is 16.5. The minimum absolute atomic E-state index is 0.347. The van der Waals surface area contributed by atoms with Gasteiger partial charge in [-0.15, -0.1) is 0 Å². The molecule has 0 fully saturated rings. The van der Waals surface area contributed by atoms with E-state index in [1.165, 1.54) is 7.11 Å². The monoisotopic (exact) mass is 267 g/mol. The molecule has 0 heterocycles. The highest BCUT2D eigenvalue weighted by Gasteiger charge is 2.25. The summed E-state index contributed by atoms with van der Waals surface area (Å²) in [7, 11) is 4.49. The van der Waals surface area contributed by atoms with Crippen molar-refractivity contribution in [2.75, 3.05) is 27.9 Å². The van der Waals surface area contributed by atoms with E-state index in [1.807, 2.05) is 19.1 Å². The van der Waals surface area contributed by atoms with Crippen molar-refractivity contribution >= 4 is 5.97 Å². The van der Waals surface area contributed by atoms with E-state index in [0.717, 1.165) is 6.42 Å². The van der Waals surface area contributed by atoms with Gasteiger partial charge in [-0.25, -0.2) is 4.79 Å². The topological polar surface area (TPSA) is 56.8 Å². The van der Waals surface area contributed by atoms with Crippen molar-refractivity contribution in [1.82, 2.24) is 5.32 Å². The van der Waals surface area contributed by atoms with Crippen LogP contribution in [-0.4, -0.2) is 33.8 Å². The number of ether oxygens (including phenoxy) is 3. The lowest BCUT2D eigenvalue weighted by molar-refractivity contribution is -0.143. The molecule has 1 atom stereocenters. The lowest BCUT2D eigenvalue weighted by atomic mass is 10.0. The molecule has 1 rings (SSSR count). The Hall–Kier alpha value is -1.75. The molecule has 19 heavy (non-hydrogen) atoms. The fourth-order valence-electron chi connectivity index (χ4n) is 1.87. The number of hydrogen-bond donors (Lipinski definition) is 1. The Kier molecular flexibility index (Phi) is 6.15. The predicted molar refractivity (Wildman–Crippen MR) is 72.6 cm³/mol. The van der Waals surface area contributed by atoms with Crippen molar-refractivity contribution in [1.29, 1.82) is 0 Å². The summed E-state index contributed by atoms with van der Waals surface area (Å²) in [6.07, 6.45) is 0.916. The summed E-state index contributed by atoms with van der Waals surface area (Å²) in [4.78, 5) is 11.9. The maximum absolute atomic E-state index is 11.9. The summed E-state index contributed by atoms with van der Waals surface area (Å²) in [6, 6.07) is 4.87. The molecule has 0 bridgehead atoms. The first-order chi connectivity index (χ1) is 9.19. The SMILES string of the molecule is CCCNC(C(=O)OC)c1cccc(OC)c1OC. The molecular formula is C14H21NO4. The highest BCUT2D eigenvalue weighted by Crippen LogP contribution is 2.34. The van der Waals surface area contributed by atoms with Crippen LogP contribution in [0.5, 0.6) is 11.5 Å². The average Bonchev–Trinajstić information content (AvgIpc) is 2.46. The molecule has 0 aliphatic rings. The van der Waals surface area contributed by atoms with Crippen LogP contribution in [0, 0.1) is 0 Å². The average molecular weight is 267 g/mol. The third-order valence-corrected chi connectivity index (χ3v) is 2.78. The van der Waals surface area contributed by atoms with Crippen LogP contribution in [0.1, 0.15) is 24.9 Å². The first-order valence-electron chi connectivity index (χ1n) is 6.21. The van der Waals surface area contributed by atoms with Crippen LogP contribution in [0.2, 0.25) is 0 Å². The van der Waals surface area contributed by atoms with E-state index < -0.39 is 6.04 Å². The van der Waals surface area contributed by atoms with Crippen LogP contribution in [-0.2, 0) is 9.53 Å². The minimum atomic E-state index is -0.560. The van der Waals surface area contributed by atoms with E-state index in [1.54, 1.807) is 20.3 Å². The van der Waals surface area contributed by atoms with Gasteiger partial charge in [-0.3, -0.25) is 0 Å². The summed E-state index contributed by atoms with van der Waals surface area (Å²) < 4.78 is 15.4. The Morgan fingerprint density at radius 1 is 1.26 bits per heavy atom. The van der Waals surface area contributed by atoms with E-state index in [2.05, 4.69) is 5.32 Å². The Balaban J connectivity index is 3.17. The molecule has 0 saturated carbocycles. The van der Waals surface area contributed by atoms with Gasteiger partial charge in [-0.1, -0.05) is 19.1 Å². The molecule has 0 amide bonds. The second kappa shape index (κ2) is 7.63. The Morgan fingerprint density at radius 2 is 2.00 bits per heavy atom. The standard InChI is InChI=1S/C14H21NO4/c1-5-9-15-12(14(16)19-4)10-7-6-8-11(17-2)13(10)18-3/h6-8,12,15H,5,9H2,1-4H3. The molecule has 5 heteroatoms. The van der Waals surface area contributed by atoms with Gasteiger partial charge in [-0.05, 0) is 19.0 Å². The number of benzene rings is 1. The van der Waals surface area contributed by atoms with Crippen LogP contribution in [0.15, 0.2) is 18.2 Å². The molecular weight excluding hydrogens is 246 g/mol. The highest BCUT2D eigenvalue weighted by molar-refractivity contribution is 5.79. The van der Waals surface area contributed by atoms with E-state index in [-0.39, 0.29) is 5.97 Å². The summed E-state index contributed by atoms with van der Waals surface area (Å²) >= 11 is 0. The van der Waals surface area contributed by atoms with E-state index >= 15 is 0 Å². The molecule has 1 unspecified atom stereocenters. The van der Waals surface area contributed by atoms with Crippen molar-refractivity contribution < 1.29 is 19.0 Å². The summed E-state index contributed by atoms with van der Waals surface area (Å²) in [5, 5.41) is 3.15. The van der Waals surface area contributed by atoms with Crippen LogP contribution in [0.25, 0.3) is 0 Å². The Labute approximate surface area is 113 Å². The molecule has 1 aromatic carbocycles. The number of esters is 1. The molecule has 1 N–H and O–H groups in total. The zero-order chi connectivity index (χ0) is 14.3. The van der Waals surface area contributed by atoms with Gasteiger partial charge in [0.05, 0.1) is 21.3 Å². The van der Waals surface area contributed by atoms with Gasteiger partial charge in [0.2, 0.25) is 0 Å². The van der Waals surface area contributed by atoms with E-state index in [0.29, 0.717) is 23.6 Å². The molecule has 106 valence electrons. The summed E-state index contributed by atoms with van der Waals surface area (Å²) in [6.45, 7) is 2.74. The van der Waals surface area contributed by atoms with Gasteiger partial charge in [0.1, 0.15) is 6.04 Å². The zero-order valence-corrected chi connectivity index (χ0v) is 11.9. The maximum atomic E-state index is 11.9. The molecule has 0 aliphatic heterocycles. The number of carbonyl (C=O) groups excluding carboxylic acids is 1. The smallest absolute Gasteiger partial charge is 0.327 e. The molecule has 0 saturated heterocycles. The normalized spacial score (nSPS) is 11.8. The zero-order valence-electron chi connectivity index (χ0n) is 11.9. The molecule has 5 nitrogen and oxygen atoms in total. The van der Waals surface area contributed by atoms with Gasteiger partial charge >= 0.3 is 5.97 Å². The summed E-state index contributed by atoms with van der Waals surface area (Å²) in [5.74, 6) is 0.788. The second-order valence-corrected chi connectivity index (χ2v) is 3.99. The van der Waals surface area contributed by atoms with Crippen LogP contribution in [0.3, 0.4) is 0 Å². The molecule has 0 radical (unpaired) electrons. The van der Waals surface area contributed by atoms with E-state index in [9.17, 15) is 4.79 Å². The number of rotatable bonds is 7. The maximum Gasteiger partial charge on any atom is 0.327 e. The fourth-order valence-corrected chi connectivity index (χ4v) is 1.87. The first kappa shape index (κ1) is 15.3. The molecule has 0 aliphatic carbocycles. The lowest BCUT2D eigenvalue weighted by Gasteiger charge is -2.20. The predicted octanol–water partition coefficient (Wildman–Crippen LogP) is 1.92. The molecule has 1 aromatic rings. The first-order valence-corrected chi connectivity index (χ1v) is 6.21. The van der Waals surface area contributed by atoms with Crippen molar-refractivity contribution in [2.45, 2.75) is 19.4 Å². The minimum Gasteiger partial charge on any atom is -0.493 e. The Bertz CT molecular complexity index is 420. The summed E-state index contributed by atoms with van der Waals surface area (Å²) in [5.41, 5.74) is 0.710. The van der Waals surface area contributed by atoms with Gasteiger partial charge in [-0.2, -0.15) is 0 Å². The van der Waals surface area contributed by atoms with Crippen LogP contribution in [0.4, 0.5) is 0 Å². The third kappa shape index (κ3) is 3.61. The number of nitrogens with one attached hydrogen (secondary N) is 1. The molecule has 0 spiro atoms. The number of carbonyl (C=O) groups is 1. The van der Waals surface area contributed by atoms with Gasteiger partial charge in [0.15, 0.2) is 11.5 Å².